The molecule has 2 heterocycles. The number of halogens is 1. The number of hydroxylamine groups is 2. The van der Waals surface area contributed by atoms with E-state index in [9.17, 15) is 18.8 Å². The molecule has 3 rings (SSSR count). The first-order valence-electron chi connectivity index (χ1n) is 10.8. The van der Waals surface area contributed by atoms with Crippen molar-refractivity contribution in [3.05, 3.63) is 24.0 Å². The predicted octanol–water partition coefficient (Wildman–Crippen LogP) is 3.12. The molecule has 2 aliphatic heterocycles. The van der Waals surface area contributed by atoms with E-state index in [0.717, 1.165) is 5.06 Å². The van der Waals surface area contributed by atoms with Gasteiger partial charge < -0.3 is 19.3 Å². The Morgan fingerprint density at radius 1 is 1.27 bits per heavy atom. The van der Waals surface area contributed by atoms with Gasteiger partial charge in [0.2, 0.25) is 0 Å². The first-order valence-corrected chi connectivity index (χ1v) is 11.2. The highest BCUT2D eigenvalue weighted by Gasteiger charge is 2.34. The number of benzene rings is 1. The maximum Gasteiger partial charge on any atom is 0.414 e. The van der Waals surface area contributed by atoms with Gasteiger partial charge in [-0.1, -0.05) is 12.6 Å². The molecule has 0 radical (unpaired) electrons. The van der Waals surface area contributed by atoms with Crippen molar-refractivity contribution in [1.29, 1.82) is 0 Å². The molecule has 10 nitrogen and oxygen atoms in total. The number of carbonyl (C=O) groups is 3. The van der Waals surface area contributed by atoms with Crippen molar-refractivity contribution in [2.45, 2.75) is 32.9 Å². The van der Waals surface area contributed by atoms with Crippen molar-refractivity contribution in [1.82, 2.24) is 9.96 Å². The highest BCUT2D eigenvalue weighted by atomic mass is 32.1. The van der Waals surface area contributed by atoms with E-state index in [1.807, 2.05) is 4.90 Å². The molecule has 33 heavy (non-hydrogen) atoms. The van der Waals surface area contributed by atoms with E-state index in [4.69, 9.17) is 14.3 Å². The lowest BCUT2D eigenvalue weighted by molar-refractivity contribution is -0.146. The Balaban J connectivity index is 1.59. The van der Waals surface area contributed by atoms with Gasteiger partial charge in [-0.2, -0.15) is 0 Å². The molecule has 1 aromatic carbocycles. The Labute approximate surface area is 197 Å². The largest absolute Gasteiger partial charge is 0.450 e. The van der Waals surface area contributed by atoms with Crippen LogP contribution in [0, 0.1) is 5.82 Å². The normalized spacial score (nSPS) is 18.5. The molecular formula is C21H29FN4O6S. The van der Waals surface area contributed by atoms with E-state index < -0.39 is 23.3 Å². The number of ether oxygens (including phenoxy) is 2. The third-order valence-electron chi connectivity index (χ3n) is 5.32. The Kier molecular flexibility index (Phi) is 8.25. The lowest BCUT2D eigenvalue weighted by Crippen LogP contribution is -2.49. The van der Waals surface area contributed by atoms with Crippen LogP contribution in [0.15, 0.2) is 18.2 Å². The van der Waals surface area contributed by atoms with Crippen LogP contribution in [0.4, 0.5) is 30.1 Å². The van der Waals surface area contributed by atoms with Crippen molar-refractivity contribution in [2.24, 2.45) is 0 Å². The Morgan fingerprint density at radius 2 is 1.97 bits per heavy atom. The van der Waals surface area contributed by atoms with Gasteiger partial charge in [0.15, 0.2) is 0 Å². The minimum Gasteiger partial charge on any atom is -0.450 e. The summed E-state index contributed by atoms with van der Waals surface area (Å²) < 4.78 is 25.2. The number of hydrogen-bond donors (Lipinski definition) is 1. The van der Waals surface area contributed by atoms with Crippen molar-refractivity contribution in [3.63, 3.8) is 0 Å². The number of rotatable bonds is 7. The van der Waals surface area contributed by atoms with E-state index in [2.05, 4.69) is 12.6 Å². The maximum absolute atomic E-state index is 14.9. The van der Waals surface area contributed by atoms with Gasteiger partial charge in [0, 0.05) is 26.2 Å². The smallest absolute Gasteiger partial charge is 0.414 e. The number of piperazine rings is 1. The minimum absolute atomic E-state index is 0.0297. The molecule has 2 saturated heterocycles. The van der Waals surface area contributed by atoms with Gasteiger partial charge in [-0.15, -0.1) is 0 Å². The lowest BCUT2D eigenvalue weighted by atomic mass is 10.2. The third-order valence-corrected chi connectivity index (χ3v) is 5.52. The summed E-state index contributed by atoms with van der Waals surface area (Å²) in [6, 6.07) is 4.32. The van der Waals surface area contributed by atoms with Gasteiger partial charge in [0.05, 0.1) is 30.6 Å². The molecule has 2 fully saturated rings. The summed E-state index contributed by atoms with van der Waals surface area (Å²) in [5, 5.41) is 0.544. The second kappa shape index (κ2) is 10.9. The summed E-state index contributed by atoms with van der Waals surface area (Å²) in [5.41, 5.74) is 0.759. The van der Waals surface area contributed by atoms with Crippen molar-refractivity contribution in [3.8, 4) is 0 Å². The standard InChI is InChI=1S/C21H29FN4O6S/c1-4-30-19(27)24-9-7-23(8-10-24)18-6-5-15(11-17(18)22)25-12-16(32-20(25)28)13-31-26(14(2)3)21(29)33/h5-6,11,14,16H,4,7-10,12-13H2,1-3H3,(H,29,33)/t16-/m0/s1. The van der Waals surface area contributed by atoms with Crippen molar-refractivity contribution >= 4 is 41.4 Å². The molecule has 0 N–H and O–H groups in total. The van der Waals surface area contributed by atoms with E-state index in [0.29, 0.717) is 44.2 Å². The van der Waals surface area contributed by atoms with E-state index in [1.54, 1.807) is 37.8 Å². The lowest BCUT2D eigenvalue weighted by Gasteiger charge is -2.35. The monoisotopic (exact) mass is 484 g/mol. The predicted molar refractivity (Wildman–Crippen MR) is 122 cm³/mol. The number of thiol groups is 1. The van der Waals surface area contributed by atoms with E-state index in [1.165, 1.54) is 11.0 Å². The molecule has 0 aliphatic carbocycles. The van der Waals surface area contributed by atoms with Crippen LogP contribution in [0.25, 0.3) is 0 Å². The van der Waals surface area contributed by atoms with Gasteiger partial charge in [-0.25, -0.2) is 19.0 Å². The zero-order valence-electron chi connectivity index (χ0n) is 18.9. The number of anilines is 2. The fourth-order valence-electron chi connectivity index (χ4n) is 3.67. The molecule has 0 bridgehead atoms. The zero-order valence-corrected chi connectivity index (χ0v) is 19.8. The number of carbonyl (C=O) groups excluding carboxylic acids is 3. The molecule has 2 aliphatic rings. The molecule has 1 atom stereocenters. The highest BCUT2D eigenvalue weighted by Crippen LogP contribution is 2.29. The van der Waals surface area contributed by atoms with Crippen molar-refractivity contribution in [2.75, 3.05) is 55.7 Å². The van der Waals surface area contributed by atoms with Gasteiger partial charge in [0.1, 0.15) is 18.5 Å². The summed E-state index contributed by atoms with van der Waals surface area (Å²) in [6.07, 6.45) is -1.61. The summed E-state index contributed by atoms with van der Waals surface area (Å²) in [4.78, 5) is 45.8. The molecule has 12 heteroatoms. The summed E-state index contributed by atoms with van der Waals surface area (Å²) in [5.74, 6) is -0.476. The maximum atomic E-state index is 14.9. The van der Waals surface area contributed by atoms with Crippen LogP contribution in [0.5, 0.6) is 0 Å². The molecule has 1 aromatic rings. The number of cyclic esters (lactones) is 1. The average molecular weight is 485 g/mol. The highest BCUT2D eigenvalue weighted by molar-refractivity contribution is 7.96. The van der Waals surface area contributed by atoms with Crippen LogP contribution in [-0.2, 0) is 14.3 Å². The molecule has 0 aromatic heterocycles. The summed E-state index contributed by atoms with van der Waals surface area (Å²) in [6.45, 7) is 7.52. The Morgan fingerprint density at radius 3 is 2.55 bits per heavy atom. The summed E-state index contributed by atoms with van der Waals surface area (Å²) >= 11 is 3.76. The summed E-state index contributed by atoms with van der Waals surface area (Å²) in [7, 11) is 0. The third kappa shape index (κ3) is 5.99. The number of hydrogen-bond acceptors (Lipinski definition) is 7. The van der Waals surface area contributed by atoms with Gasteiger partial charge in [-0.3, -0.25) is 14.5 Å². The molecular weight excluding hydrogens is 455 g/mol. The minimum atomic E-state index is -0.620. The molecule has 0 unspecified atom stereocenters. The van der Waals surface area contributed by atoms with Crippen LogP contribution in [0.1, 0.15) is 20.8 Å². The first-order chi connectivity index (χ1) is 15.7. The molecule has 0 saturated carbocycles. The van der Waals surface area contributed by atoms with Gasteiger partial charge >= 0.3 is 17.4 Å². The van der Waals surface area contributed by atoms with Crippen molar-refractivity contribution < 1.29 is 33.1 Å². The van der Waals surface area contributed by atoms with E-state index in [-0.39, 0.29) is 25.3 Å². The second-order valence-electron chi connectivity index (χ2n) is 7.92. The number of amides is 3. The zero-order chi connectivity index (χ0) is 24.1. The van der Waals surface area contributed by atoms with Crippen LogP contribution in [-0.4, -0.2) is 85.5 Å². The molecule has 0 spiro atoms. The number of nitrogens with zero attached hydrogens (tertiary/aromatic N) is 4. The fourth-order valence-corrected chi connectivity index (χ4v) is 3.96. The second-order valence-corrected chi connectivity index (χ2v) is 8.31. The molecule has 3 amide bonds. The van der Waals surface area contributed by atoms with Crippen LogP contribution in [0.3, 0.4) is 0 Å². The Bertz CT molecular complexity index is 880. The van der Waals surface area contributed by atoms with E-state index >= 15 is 0 Å². The van der Waals surface area contributed by atoms with Gasteiger partial charge in [-0.05, 0) is 39.0 Å². The quantitative estimate of drug-likeness (QED) is 0.470. The van der Waals surface area contributed by atoms with Gasteiger partial charge in [0.25, 0.3) is 0 Å². The van der Waals surface area contributed by atoms with Crippen LogP contribution >= 0.6 is 12.6 Å². The van der Waals surface area contributed by atoms with Crippen LogP contribution in [0.2, 0.25) is 0 Å². The SMILES string of the molecule is CCOC(=O)N1CCN(c2ccc(N3C[C@@H](CON(C(=O)S)C(C)C)OC3=O)cc2F)CC1. The first kappa shape index (κ1) is 24.9. The molecule has 182 valence electrons. The average Bonchev–Trinajstić information content (AvgIpc) is 3.14. The van der Waals surface area contributed by atoms with Crippen LogP contribution < -0.4 is 9.80 Å². The topological polar surface area (TPSA) is 91.9 Å². The Hall–Kier alpha value is -2.73. The fraction of sp³-hybridized carbons (Fsp3) is 0.571.